The van der Waals surface area contributed by atoms with Gasteiger partial charge in [0.05, 0.1) is 0 Å². The second-order valence-electron chi connectivity index (χ2n) is 5.31. The minimum atomic E-state index is 1.16. The van der Waals surface area contributed by atoms with Gasteiger partial charge >= 0.3 is 0 Å². The number of aryl methyl sites for hydroxylation is 1. The van der Waals surface area contributed by atoms with E-state index in [-0.39, 0.29) is 0 Å². The van der Waals surface area contributed by atoms with Crippen LogP contribution in [0.5, 0.6) is 0 Å². The molecule has 0 bridgehead atoms. The Bertz CT molecular complexity index is 677. The largest absolute Gasteiger partial charge is 0.309 e. The molecule has 0 aliphatic rings. The lowest BCUT2D eigenvalue weighted by Gasteiger charge is -2.07. The van der Waals surface area contributed by atoms with Gasteiger partial charge in [-0.3, -0.25) is 0 Å². The Balaban J connectivity index is 1.69. The number of nitrogens with zero attached hydrogens (tertiary/aromatic N) is 1. The molecule has 3 heterocycles. The molecule has 110 valence electrons. The molecule has 0 aromatic carbocycles. The first-order valence-electron chi connectivity index (χ1n) is 7.10. The van der Waals surface area contributed by atoms with Crippen LogP contribution in [0.2, 0.25) is 0 Å². The van der Waals surface area contributed by atoms with Crippen molar-refractivity contribution in [3.05, 3.63) is 46.7 Å². The van der Waals surface area contributed by atoms with E-state index in [0.717, 1.165) is 6.54 Å². The van der Waals surface area contributed by atoms with Gasteiger partial charge in [-0.25, -0.2) is 0 Å². The lowest BCUT2D eigenvalue weighted by atomic mass is 10.2. The van der Waals surface area contributed by atoms with Crippen molar-refractivity contribution in [3.8, 4) is 19.5 Å². The number of hydrogen-bond donors (Lipinski definition) is 0. The van der Waals surface area contributed by atoms with E-state index in [1.165, 1.54) is 37.2 Å². The quantitative estimate of drug-likeness (QED) is 0.559. The van der Waals surface area contributed by atoms with Crippen molar-refractivity contribution >= 4 is 34.0 Å². The van der Waals surface area contributed by atoms with Gasteiger partial charge < -0.3 is 4.90 Å². The Morgan fingerprint density at radius 2 is 1.57 bits per heavy atom. The van der Waals surface area contributed by atoms with Crippen LogP contribution in [0.4, 0.5) is 0 Å². The third-order valence-corrected chi connectivity index (χ3v) is 6.79. The maximum absolute atomic E-state index is 2.29. The Hall–Kier alpha value is -0.940. The summed E-state index contributed by atoms with van der Waals surface area (Å²) < 4.78 is 0. The molecule has 0 atom stereocenters. The molecule has 0 aliphatic heterocycles. The van der Waals surface area contributed by atoms with Crippen molar-refractivity contribution in [1.82, 2.24) is 4.90 Å². The average Bonchev–Trinajstić information content (AvgIpc) is 3.19. The molecule has 0 saturated carbocycles. The van der Waals surface area contributed by atoms with Crippen LogP contribution in [0, 0.1) is 0 Å². The van der Waals surface area contributed by atoms with Crippen LogP contribution in [-0.2, 0) is 6.42 Å². The van der Waals surface area contributed by atoms with E-state index in [0.29, 0.717) is 0 Å². The van der Waals surface area contributed by atoms with E-state index in [4.69, 9.17) is 0 Å². The Morgan fingerprint density at radius 1 is 0.857 bits per heavy atom. The first-order valence-corrected chi connectivity index (χ1v) is 9.61. The van der Waals surface area contributed by atoms with Gasteiger partial charge in [0.1, 0.15) is 0 Å². The summed E-state index contributed by atoms with van der Waals surface area (Å²) >= 11 is 5.65. The third kappa shape index (κ3) is 3.83. The molecule has 0 unspecified atom stereocenters. The fraction of sp³-hybridized carbons (Fsp3) is 0.294. The maximum Gasteiger partial charge on any atom is 0.0449 e. The first kappa shape index (κ1) is 15.0. The van der Waals surface area contributed by atoms with E-state index in [1.54, 1.807) is 0 Å². The summed E-state index contributed by atoms with van der Waals surface area (Å²) in [6.45, 7) is 1.16. The van der Waals surface area contributed by atoms with Crippen LogP contribution in [0.1, 0.15) is 11.3 Å². The molecule has 0 amide bonds. The summed E-state index contributed by atoms with van der Waals surface area (Å²) in [5, 5.41) is 2.14. The average molecular weight is 334 g/mol. The van der Waals surface area contributed by atoms with Crippen LogP contribution in [0.25, 0.3) is 19.5 Å². The second kappa shape index (κ2) is 6.88. The molecule has 0 N–H and O–H groups in total. The van der Waals surface area contributed by atoms with Crippen molar-refractivity contribution in [2.24, 2.45) is 0 Å². The topological polar surface area (TPSA) is 3.24 Å². The molecule has 3 aromatic rings. The Labute approximate surface area is 138 Å². The molecule has 0 fully saturated rings. The molecule has 21 heavy (non-hydrogen) atoms. The van der Waals surface area contributed by atoms with Crippen molar-refractivity contribution < 1.29 is 0 Å². The monoisotopic (exact) mass is 333 g/mol. The molecular formula is C17H19NS3. The molecule has 3 rings (SSSR count). The number of thiophene rings is 3. The lowest BCUT2D eigenvalue weighted by molar-refractivity contribution is 0.401. The third-order valence-electron chi connectivity index (χ3n) is 3.30. The predicted octanol–water partition coefficient (Wildman–Crippen LogP) is 5.70. The Kier molecular flexibility index (Phi) is 4.91. The fourth-order valence-corrected chi connectivity index (χ4v) is 5.22. The zero-order valence-electron chi connectivity index (χ0n) is 12.3. The highest BCUT2D eigenvalue weighted by molar-refractivity contribution is 7.26. The van der Waals surface area contributed by atoms with Crippen molar-refractivity contribution in [2.75, 3.05) is 20.6 Å². The SMILES string of the molecule is CN(C)CCCc1ccc(-c2ccc(-c3cccs3)s2)s1. The van der Waals surface area contributed by atoms with Gasteiger partial charge in [0.15, 0.2) is 0 Å². The molecule has 4 heteroatoms. The van der Waals surface area contributed by atoms with Crippen LogP contribution < -0.4 is 0 Å². The summed E-state index contributed by atoms with van der Waals surface area (Å²) in [5.41, 5.74) is 0. The van der Waals surface area contributed by atoms with E-state index in [2.05, 4.69) is 60.8 Å². The zero-order valence-corrected chi connectivity index (χ0v) is 14.8. The van der Waals surface area contributed by atoms with Gasteiger partial charge in [-0.2, -0.15) is 0 Å². The Morgan fingerprint density at radius 3 is 2.29 bits per heavy atom. The number of rotatable bonds is 6. The molecule has 0 saturated heterocycles. The normalized spacial score (nSPS) is 11.4. The van der Waals surface area contributed by atoms with Crippen LogP contribution in [-0.4, -0.2) is 25.5 Å². The maximum atomic E-state index is 2.29. The van der Waals surface area contributed by atoms with Gasteiger partial charge in [-0.1, -0.05) is 6.07 Å². The molecule has 0 spiro atoms. The van der Waals surface area contributed by atoms with Crippen molar-refractivity contribution in [2.45, 2.75) is 12.8 Å². The summed E-state index contributed by atoms with van der Waals surface area (Å²) in [5.74, 6) is 0. The molecule has 3 aromatic heterocycles. The smallest absolute Gasteiger partial charge is 0.0449 e. The van der Waals surface area contributed by atoms with Gasteiger partial charge in [-0.05, 0) is 69.2 Å². The van der Waals surface area contributed by atoms with Crippen LogP contribution in [0.15, 0.2) is 41.8 Å². The predicted molar refractivity (Wildman–Crippen MR) is 97.8 cm³/mol. The minimum absolute atomic E-state index is 1.16. The van der Waals surface area contributed by atoms with E-state index < -0.39 is 0 Å². The fourth-order valence-electron chi connectivity index (χ4n) is 2.24. The van der Waals surface area contributed by atoms with Gasteiger partial charge in [0.25, 0.3) is 0 Å². The first-order chi connectivity index (χ1) is 10.2. The highest BCUT2D eigenvalue weighted by Gasteiger charge is 2.08. The summed E-state index contributed by atoms with van der Waals surface area (Å²) in [6.07, 6.45) is 2.42. The summed E-state index contributed by atoms with van der Waals surface area (Å²) in [6, 6.07) is 13.4. The van der Waals surface area contributed by atoms with Gasteiger partial charge in [-0.15, -0.1) is 34.0 Å². The molecule has 0 aliphatic carbocycles. The minimum Gasteiger partial charge on any atom is -0.309 e. The molecule has 0 radical (unpaired) electrons. The summed E-state index contributed by atoms with van der Waals surface area (Å²) in [7, 11) is 4.27. The van der Waals surface area contributed by atoms with Crippen LogP contribution >= 0.6 is 34.0 Å². The molecule has 1 nitrogen and oxygen atoms in total. The van der Waals surface area contributed by atoms with E-state index in [9.17, 15) is 0 Å². The standard InChI is InChI=1S/C17H19NS3/c1-18(2)11-3-5-13-7-8-16(20-13)17-10-9-15(21-17)14-6-4-12-19-14/h4,6-10,12H,3,5,11H2,1-2H3. The lowest BCUT2D eigenvalue weighted by Crippen LogP contribution is -2.13. The van der Waals surface area contributed by atoms with Gasteiger partial charge in [0.2, 0.25) is 0 Å². The summed E-state index contributed by atoms with van der Waals surface area (Å²) in [4.78, 5) is 9.29. The second-order valence-corrected chi connectivity index (χ2v) is 8.51. The van der Waals surface area contributed by atoms with Crippen LogP contribution in [0.3, 0.4) is 0 Å². The highest BCUT2D eigenvalue weighted by Crippen LogP contribution is 2.39. The molecular weight excluding hydrogens is 314 g/mol. The van der Waals surface area contributed by atoms with E-state index in [1.807, 2.05) is 34.0 Å². The highest BCUT2D eigenvalue weighted by atomic mass is 32.1. The van der Waals surface area contributed by atoms with Crippen molar-refractivity contribution in [1.29, 1.82) is 0 Å². The van der Waals surface area contributed by atoms with Gasteiger partial charge in [0, 0.05) is 24.4 Å². The number of hydrogen-bond acceptors (Lipinski definition) is 4. The zero-order chi connectivity index (χ0) is 14.7. The van der Waals surface area contributed by atoms with E-state index >= 15 is 0 Å². The van der Waals surface area contributed by atoms with Crippen molar-refractivity contribution in [3.63, 3.8) is 0 Å².